The number of nitrogens with one attached hydrogen (secondary N) is 1. The quantitative estimate of drug-likeness (QED) is 0.770. The first-order valence-corrected chi connectivity index (χ1v) is 7.46. The van der Waals surface area contributed by atoms with Gasteiger partial charge in [-0.25, -0.2) is 4.39 Å². The van der Waals surface area contributed by atoms with Gasteiger partial charge in [-0.2, -0.15) is 0 Å². The molecule has 1 N–H and O–H groups in total. The highest BCUT2D eigenvalue weighted by Crippen LogP contribution is 2.31. The lowest BCUT2D eigenvalue weighted by atomic mass is 10.1. The van der Waals surface area contributed by atoms with Crippen molar-refractivity contribution in [3.63, 3.8) is 0 Å². The standard InChI is InChI=1S/C14H20BrClFNO/c1-5-9(8-18-14(2,3)4)19-13-7-12(17)11(16)6-10(13)15/h6-7,9,18H,5,8H2,1-4H3. The normalized spacial score (nSPS) is 13.4. The third-order valence-corrected chi connectivity index (χ3v) is 3.49. The van der Waals surface area contributed by atoms with Crippen LogP contribution in [0.3, 0.4) is 0 Å². The average Bonchev–Trinajstić information content (AvgIpc) is 2.29. The zero-order chi connectivity index (χ0) is 14.6. The SMILES string of the molecule is CCC(CNC(C)(C)C)Oc1cc(F)c(Cl)cc1Br. The second-order valence-corrected chi connectivity index (χ2v) is 6.74. The summed E-state index contributed by atoms with van der Waals surface area (Å²) in [6, 6.07) is 2.82. The second-order valence-electron chi connectivity index (χ2n) is 5.48. The Morgan fingerprint density at radius 1 is 1.42 bits per heavy atom. The second kappa shape index (κ2) is 6.91. The zero-order valence-corrected chi connectivity index (χ0v) is 14.0. The van der Waals surface area contributed by atoms with Crippen molar-refractivity contribution in [1.29, 1.82) is 0 Å². The van der Waals surface area contributed by atoms with Gasteiger partial charge in [0.15, 0.2) is 0 Å². The van der Waals surface area contributed by atoms with Crippen LogP contribution in [-0.2, 0) is 0 Å². The van der Waals surface area contributed by atoms with E-state index in [-0.39, 0.29) is 16.7 Å². The number of rotatable bonds is 5. The number of ether oxygens (including phenoxy) is 1. The molecule has 0 radical (unpaired) electrons. The Balaban J connectivity index is 2.73. The molecule has 1 aromatic rings. The molecule has 5 heteroatoms. The highest BCUT2D eigenvalue weighted by molar-refractivity contribution is 9.10. The molecule has 0 amide bonds. The molecule has 108 valence electrons. The van der Waals surface area contributed by atoms with Gasteiger partial charge in [-0.15, -0.1) is 0 Å². The molecule has 19 heavy (non-hydrogen) atoms. The van der Waals surface area contributed by atoms with Crippen LogP contribution in [0.5, 0.6) is 5.75 Å². The van der Waals surface area contributed by atoms with Gasteiger partial charge in [-0.1, -0.05) is 18.5 Å². The van der Waals surface area contributed by atoms with Crippen LogP contribution >= 0.6 is 27.5 Å². The van der Waals surface area contributed by atoms with E-state index in [4.69, 9.17) is 16.3 Å². The van der Waals surface area contributed by atoms with E-state index in [1.165, 1.54) is 12.1 Å². The zero-order valence-electron chi connectivity index (χ0n) is 11.7. The van der Waals surface area contributed by atoms with E-state index in [0.29, 0.717) is 16.8 Å². The molecule has 0 fully saturated rings. The van der Waals surface area contributed by atoms with E-state index in [9.17, 15) is 4.39 Å². The van der Waals surface area contributed by atoms with Crippen LogP contribution in [0.4, 0.5) is 4.39 Å². The summed E-state index contributed by atoms with van der Waals surface area (Å²) in [5.41, 5.74) is 0.0270. The van der Waals surface area contributed by atoms with Gasteiger partial charge in [-0.3, -0.25) is 0 Å². The molecule has 1 aromatic carbocycles. The van der Waals surface area contributed by atoms with E-state index >= 15 is 0 Å². The van der Waals surface area contributed by atoms with Gasteiger partial charge in [0.25, 0.3) is 0 Å². The highest BCUT2D eigenvalue weighted by Gasteiger charge is 2.16. The number of hydrogen-bond donors (Lipinski definition) is 1. The fourth-order valence-electron chi connectivity index (χ4n) is 1.46. The molecule has 1 unspecified atom stereocenters. The van der Waals surface area contributed by atoms with Crippen LogP contribution < -0.4 is 10.1 Å². The molecule has 2 nitrogen and oxygen atoms in total. The highest BCUT2D eigenvalue weighted by atomic mass is 79.9. The maximum absolute atomic E-state index is 13.4. The monoisotopic (exact) mass is 351 g/mol. The van der Waals surface area contributed by atoms with Crippen molar-refractivity contribution in [2.75, 3.05) is 6.54 Å². The minimum Gasteiger partial charge on any atom is -0.488 e. The first kappa shape index (κ1) is 16.7. The molecule has 0 spiro atoms. The van der Waals surface area contributed by atoms with Crippen LogP contribution in [0.15, 0.2) is 16.6 Å². The van der Waals surface area contributed by atoms with E-state index in [2.05, 4.69) is 42.0 Å². The molecule has 0 aliphatic heterocycles. The lowest BCUT2D eigenvalue weighted by molar-refractivity contribution is 0.179. The Bertz CT molecular complexity index is 434. The van der Waals surface area contributed by atoms with Crippen molar-refractivity contribution in [1.82, 2.24) is 5.32 Å². The van der Waals surface area contributed by atoms with Gasteiger partial charge < -0.3 is 10.1 Å². The predicted molar refractivity (Wildman–Crippen MR) is 81.6 cm³/mol. The van der Waals surface area contributed by atoms with E-state index < -0.39 is 5.82 Å². The Morgan fingerprint density at radius 3 is 2.58 bits per heavy atom. The fraction of sp³-hybridized carbons (Fsp3) is 0.571. The summed E-state index contributed by atoms with van der Waals surface area (Å²) in [4.78, 5) is 0. The van der Waals surface area contributed by atoms with E-state index in [1.54, 1.807) is 0 Å². The summed E-state index contributed by atoms with van der Waals surface area (Å²) in [5.74, 6) is 0.00274. The van der Waals surface area contributed by atoms with Crippen molar-refractivity contribution in [2.45, 2.75) is 45.8 Å². The molecule has 0 bridgehead atoms. The topological polar surface area (TPSA) is 21.3 Å². The minimum absolute atomic E-state index is 0.0175. The van der Waals surface area contributed by atoms with Crippen LogP contribution in [0.25, 0.3) is 0 Å². The Labute approximate surface area is 127 Å². The van der Waals surface area contributed by atoms with Crippen LogP contribution in [0.1, 0.15) is 34.1 Å². The van der Waals surface area contributed by atoms with Gasteiger partial charge in [0.2, 0.25) is 0 Å². The van der Waals surface area contributed by atoms with Crippen molar-refractivity contribution in [2.24, 2.45) is 0 Å². The Morgan fingerprint density at radius 2 is 2.05 bits per heavy atom. The van der Waals surface area contributed by atoms with Crippen molar-refractivity contribution >= 4 is 27.5 Å². The Kier molecular flexibility index (Phi) is 6.09. The summed E-state index contributed by atoms with van der Waals surface area (Å²) in [5, 5.41) is 3.46. The van der Waals surface area contributed by atoms with Gasteiger partial charge in [-0.05, 0) is 49.2 Å². The molecule has 0 heterocycles. The fourth-order valence-corrected chi connectivity index (χ4v) is 2.20. The molecule has 0 saturated heterocycles. The summed E-state index contributed by atoms with van der Waals surface area (Å²) >= 11 is 9.04. The molecule has 0 aliphatic rings. The van der Waals surface area contributed by atoms with Crippen molar-refractivity contribution in [3.8, 4) is 5.75 Å². The third kappa shape index (κ3) is 5.67. The minimum atomic E-state index is -0.474. The molecule has 0 saturated carbocycles. The molecule has 1 atom stereocenters. The van der Waals surface area contributed by atoms with Gasteiger partial charge in [0.05, 0.1) is 9.50 Å². The maximum Gasteiger partial charge on any atom is 0.145 e. The third-order valence-electron chi connectivity index (χ3n) is 2.58. The molecule has 0 aliphatic carbocycles. The van der Waals surface area contributed by atoms with Crippen molar-refractivity contribution in [3.05, 3.63) is 27.4 Å². The number of benzene rings is 1. The maximum atomic E-state index is 13.4. The lowest BCUT2D eigenvalue weighted by Crippen LogP contribution is -2.42. The Hall–Kier alpha value is -0.320. The van der Waals surface area contributed by atoms with E-state index in [0.717, 1.165) is 6.42 Å². The molecule has 0 aromatic heterocycles. The smallest absolute Gasteiger partial charge is 0.145 e. The molecule has 1 rings (SSSR count). The van der Waals surface area contributed by atoms with Crippen LogP contribution in [0, 0.1) is 5.82 Å². The first-order valence-electron chi connectivity index (χ1n) is 6.29. The summed E-state index contributed by atoms with van der Waals surface area (Å²) in [7, 11) is 0. The summed E-state index contributed by atoms with van der Waals surface area (Å²) in [6.45, 7) is 9.03. The largest absolute Gasteiger partial charge is 0.488 e. The summed E-state index contributed by atoms with van der Waals surface area (Å²) in [6.07, 6.45) is 0.816. The van der Waals surface area contributed by atoms with Gasteiger partial charge in [0.1, 0.15) is 17.7 Å². The summed E-state index contributed by atoms with van der Waals surface area (Å²) < 4.78 is 19.9. The lowest BCUT2D eigenvalue weighted by Gasteiger charge is -2.25. The van der Waals surface area contributed by atoms with Crippen LogP contribution in [-0.4, -0.2) is 18.2 Å². The first-order chi connectivity index (χ1) is 8.73. The average molecular weight is 353 g/mol. The van der Waals surface area contributed by atoms with E-state index in [1.807, 2.05) is 6.92 Å². The van der Waals surface area contributed by atoms with Gasteiger partial charge in [0, 0.05) is 18.2 Å². The number of hydrogen-bond acceptors (Lipinski definition) is 2. The predicted octanol–water partition coefficient (Wildman–Crippen LogP) is 4.79. The van der Waals surface area contributed by atoms with Crippen molar-refractivity contribution < 1.29 is 9.13 Å². The van der Waals surface area contributed by atoms with Gasteiger partial charge >= 0.3 is 0 Å². The number of halogens is 3. The molecular formula is C14H20BrClFNO. The van der Waals surface area contributed by atoms with Crippen LogP contribution in [0.2, 0.25) is 5.02 Å². The molecular weight excluding hydrogens is 333 g/mol.